The molecular formula is C64H113NO8. The smallest absolute Gasteiger partial charge is 0.306 e. The summed E-state index contributed by atoms with van der Waals surface area (Å²) >= 11 is 0. The number of carbonyl (C=O) groups excluding carboxylic acids is 3. The third kappa shape index (κ3) is 56.3. The van der Waals surface area contributed by atoms with Gasteiger partial charge in [-0.3, -0.25) is 9.59 Å². The largest absolute Gasteiger partial charge is 0.545 e. The molecule has 0 saturated carbocycles. The lowest BCUT2D eigenvalue weighted by molar-refractivity contribution is -0.870. The van der Waals surface area contributed by atoms with Crippen LogP contribution in [0.15, 0.2) is 72.9 Å². The Hall–Kier alpha value is -3.27. The Bertz CT molecular complexity index is 1420. The molecular weight excluding hydrogens is 911 g/mol. The van der Waals surface area contributed by atoms with Gasteiger partial charge in [0, 0.05) is 12.8 Å². The highest BCUT2D eigenvalue weighted by Gasteiger charge is 2.22. The standard InChI is InChI=1S/C64H113NO8/c1-6-8-10-12-14-16-18-20-22-24-26-28-29-30-31-32-33-35-36-38-40-42-44-46-48-50-52-54-61(66)71-58-60(59-72-64(63(68)69)70-57-56-65(3,4)5)73-62(67)55-53-51-49-47-45-43-41-39-37-34-27-25-23-21-19-17-15-13-11-9-7-2/h9,11,15,17-18,20-21,23-24,26-27,34,60,64H,6-8,10,12-14,16,19,22,25,28-33,35-59H2,1-5H3/b11-9-,17-15-,20-18-,23-21-,26-24-,34-27-. The SMILES string of the molecule is CC/C=C\C/C=C\C/C=C\C/C=C\CCCCCCCCCCC(=O)OC(COC(=O)CCCCCCCCCCCCCCCCC/C=C\C/C=C\CCCCCCC)COC(OCC[N+](C)(C)C)C(=O)[O-]. The molecule has 0 N–H and O–H groups in total. The van der Waals surface area contributed by atoms with Crippen molar-refractivity contribution < 1.29 is 42.9 Å². The van der Waals surface area contributed by atoms with Gasteiger partial charge >= 0.3 is 11.9 Å². The van der Waals surface area contributed by atoms with Crippen molar-refractivity contribution in [1.82, 2.24) is 0 Å². The van der Waals surface area contributed by atoms with E-state index in [2.05, 4.69) is 86.8 Å². The lowest BCUT2D eigenvalue weighted by atomic mass is 10.0. The molecule has 2 unspecified atom stereocenters. The molecule has 0 aromatic rings. The number of esters is 2. The van der Waals surface area contributed by atoms with Crippen LogP contribution in [-0.2, 0) is 33.3 Å². The summed E-state index contributed by atoms with van der Waals surface area (Å²) in [6.45, 7) is 4.63. The number of aliphatic carboxylic acids is 1. The first-order chi connectivity index (χ1) is 35.6. The van der Waals surface area contributed by atoms with Crippen LogP contribution in [0.2, 0.25) is 0 Å². The Balaban J connectivity index is 4.21. The first-order valence-electron chi connectivity index (χ1n) is 30.1. The average Bonchev–Trinajstić information content (AvgIpc) is 3.36. The minimum atomic E-state index is -1.63. The number of hydrogen-bond acceptors (Lipinski definition) is 8. The van der Waals surface area contributed by atoms with E-state index in [0.717, 1.165) is 77.0 Å². The van der Waals surface area contributed by atoms with Crippen LogP contribution in [-0.4, -0.2) is 82.3 Å². The summed E-state index contributed by atoms with van der Waals surface area (Å²) in [4.78, 5) is 37.3. The van der Waals surface area contributed by atoms with E-state index < -0.39 is 24.3 Å². The predicted molar refractivity (Wildman–Crippen MR) is 306 cm³/mol. The second kappa shape index (κ2) is 55.0. The van der Waals surface area contributed by atoms with Gasteiger partial charge in [-0.25, -0.2) is 0 Å². The number of unbranched alkanes of at least 4 members (excludes halogenated alkanes) is 28. The number of carboxylic acid groups (broad SMARTS) is 1. The van der Waals surface area contributed by atoms with Gasteiger partial charge in [-0.05, 0) is 83.5 Å². The van der Waals surface area contributed by atoms with E-state index in [0.29, 0.717) is 17.4 Å². The number of allylic oxidation sites excluding steroid dienone is 12. The fourth-order valence-corrected chi connectivity index (χ4v) is 8.32. The average molecular weight is 1020 g/mol. The maximum absolute atomic E-state index is 12.9. The zero-order valence-electron chi connectivity index (χ0n) is 48.0. The summed E-state index contributed by atoms with van der Waals surface area (Å²) < 4.78 is 22.7. The van der Waals surface area contributed by atoms with E-state index in [9.17, 15) is 19.5 Å². The first-order valence-corrected chi connectivity index (χ1v) is 30.1. The molecule has 73 heavy (non-hydrogen) atoms. The molecule has 0 aromatic carbocycles. The number of hydrogen-bond donors (Lipinski definition) is 0. The number of carbonyl (C=O) groups is 3. The summed E-state index contributed by atoms with van der Waals surface area (Å²) in [5.74, 6) is -2.29. The third-order valence-electron chi connectivity index (χ3n) is 12.9. The molecule has 0 aliphatic rings. The minimum absolute atomic E-state index is 0.144. The van der Waals surface area contributed by atoms with E-state index in [1.165, 1.54) is 148 Å². The lowest BCUT2D eigenvalue weighted by Crippen LogP contribution is -2.44. The molecule has 0 rings (SSSR count). The molecule has 0 aliphatic carbocycles. The van der Waals surface area contributed by atoms with E-state index in [1.807, 2.05) is 21.1 Å². The van der Waals surface area contributed by atoms with Gasteiger partial charge in [-0.15, -0.1) is 0 Å². The summed E-state index contributed by atoms with van der Waals surface area (Å²) in [5.41, 5.74) is 0. The predicted octanol–water partition coefficient (Wildman–Crippen LogP) is 16.5. The molecule has 0 aromatic heterocycles. The molecule has 9 nitrogen and oxygen atoms in total. The Morgan fingerprint density at radius 3 is 1.16 bits per heavy atom. The van der Waals surface area contributed by atoms with Crippen LogP contribution in [0.3, 0.4) is 0 Å². The van der Waals surface area contributed by atoms with Crippen molar-refractivity contribution in [2.45, 2.75) is 270 Å². The monoisotopic (exact) mass is 1020 g/mol. The van der Waals surface area contributed by atoms with Gasteiger partial charge in [0.1, 0.15) is 13.2 Å². The van der Waals surface area contributed by atoms with Crippen molar-refractivity contribution in [3.8, 4) is 0 Å². The highest BCUT2D eigenvalue weighted by Crippen LogP contribution is 2.16. The maximum Gasteiger partial charge on any atom is 0.306 e. The summed E-state index contributed by atoms with van der Waals surface area (Å²) in [7, 11) is 5.92. The normalized spacial score (nSPS) is 13.3. The number of likely N-dealkylation sites (N-methyl/N-ethyl adjacent to an activating group) is 1. The van der Waals surface area contributed by atoms with Gasteiger partial charge in [-0.1, -0.05) is 234 Å². The molecule has 0 radical (unpaired) electrons. The van der Waals surface area contributed by atoms with E-state index in [-0.39, 0.29) is 38.6 Å². The fraction of sp³-hybridized carbons (Fsp3) is 0.766. The van der Waals surface area contributed by atoms with Crippen molar-refractivity contribution in [1.29, 1.82) is 0 Å². The van der Waals surface area contributed by atoms with Gasteiger partial charge < -0.3 is 33.3 Å². The molecule has 9 heteroatoms. The van der Waals surface area contributed by atoms with Crippen LogP contribution in [0.5, 0.6) is 0 Å². The van der Waals surface area contributed by atoms with Crippen LogP contribution in [0, 0.1) is 0 Å². The highest BCUT2D eigenvalue weighted by atomic mass is 16.7. The quantitative estimate of drug-likeness (QED) is 0.0195. The summed E-state index contributed by atoms with van der Waals surface area (Å²) in [6.07, 6.45) is 68.1. The van der Waals surface area contributed by atoms with Crippen LogP contribution >= 0.6 is 0 Å². The Morgan fingerprint density at radius 2 is 0.781 bits per heavy atom. The Kier molecular flexibility index (Phi) is 52.5. The third-order valence-corrected chi connectivity index (χ3v) is 12.9. The van der Waals surface area contributed by atoms with E-state index in [1.54, 1.807) is 0 Å². The zero-order chi connectivity index (χ0) is 53.4. The van der Waals surface area contributed by atoms with Crippen molar-refractivity contribution >= 4 is 17.9 Å². The topological polar surface area (TPSA) is 111 Å². The molecule has 0 saturated heterocycles. The van der Waals surface area contributed by atoms with Crippen molar-refractivity contribution in [2.75, 3.05) is 47.5 Å². The molecule has 0 heterocycles. The van der Waals surface area contributed by atoms with Gasteiger partial charge in [-0.2, -0.15) is 0 Å². The number of rotatable bonds is 55. The van der Waals surface area contributed by atoms with Crippen molar-refractivity contribution in [3.05, 3.63) is 72.9 Å². The van der Waals surface area contributed by atoms with Crippen LogP contribution < -0.4 is 5.11 Å². The maximum atomic E-state index is 12.9. The summed E-state index contributed by atoms with van der Waals surface area (Å²) in [6, 6.07) is 0. The second-order valence-electron chi connectivity index (χ2n) is 21.3. The van der Waals surface area contributed by atoms with Crippen LogP contribution in [0.25, 0.3) is 0 Å². The number of nitrogens with zero attached hydrogens (tertiary/aromatic N) is 1. The van der Waals surface area contributed by atoms with E-state index >= 15 is 0 Å². The first kappa shape index (κ1) is 69.7. The molecule has 0 bridgehead atoms. The minimum Gasteiger partial charge on any atom is -0.545 e. The van der Waals surface area contributed by atoms with Crippen molar-refractivity contribution in [2.24, 2.45) is 0 Å². The van der Waals surface area contributed by atoms with Gasteiger partial charge in [0.05, 0.1) is 40.3 Å². The molecule has 0 spiro atoms. The molecule has 422 valence electrons. The van der Waals surface area contributed by atoms with Crippen molar-refractivity contribution in [3.63, 3.8) is 0 Å². The molecule has 0 fully saturated rings. The molecule has 2 atom stereocenters. The molecule has 0 aliphatic heterocycles. The van der Waals surface area contributed by atoms with Crippen LogP contribution in [0.4, 0.5) is 0 Å². The Labute approximate surface area is 449 Å². The van der Waals surface area contributed by atoms with Gasteiger partial charge in [0.2, 0.25) is 0 Å². The van der Waals surface area contributed by atoms with Crippen LogP contribution in [0.1, 0.15) is 258 Å². The highest BCUT2D eigenvalue weighted by molar-refractivity contribution is 5.70. The Morgan fingerprint density at radius 1 is 0.425 bits per heavy atom. The van der Waals surface area contributed by atoms with Gasteiger partial charge in [0.25, 0.3) is 0 Å². The number of quaternary nitrogens is 1. The number of carboxylic acids is 1. The fourth-order valence-electron chi connectivity index (χ4n) is 8.32. The second-order valence-corrected chi connectivity index (χ2v) is 21.3. The lowest BCUT2D eigenvalue weighted by Gasteiger charge is -2.26. The zero-order valence-corrected chi connectivity index (χ0v) is 48.0. The van der Waals surface area contributed by atoms with E-state index in [4.69, 9.17) is 18.9 Å². The molecule has 0 amide bonds. The van der Waals surface area contributed by atoms with Gasteiger partial charge in [0.15, 0.2) is 12.4 Å². The number of ether oxygens (including phenoxy) is 4. The summed E-state index contributed by atoms with van der Waals surface area (Å²) in [5, 5.41) is 11.8.